The summed E-state index contributed by atoms with van der Waals surface area (Å²) >= 11 is 3.23. The number of rotatable bonds is 2. The van der Waals surface area contributed by atoms with Crippen LogP contribution in [0.3, 0.4) is 0 Å². The highest BCUT2D eigenvalue weighted by Gasteiger charge is 1.97. The predicted molar refractivity (Wildman–Crippen MR) is 51.4 cm³/mol. The molecule has 2 nitrogen and oxygen atoms in total. The molecule has 0 radical (unpaired) electrons. The van der Waals surface area contributed by atoms with Gasteiger partial charge in [0.25, 0.3) is 0 Å². The number of alkyl halides is 1. The van der Waals surface area contributed by atoms with E-state index in [0.717, 1.165) is 10.9 Å². The molecule has 1 aromatic heterocycles. The van der Waals surface area contributed by atoms with Crippen molar-refractivity contribution < 1.29 is 4.39 Å². The Kier molecular flexibility index (Phi) is 3.22. The van der Waals surface area contributed by atoms with Crippen LogP contribution >= 0.6 is 15.9 Å². The van der Waals surface area contributed by atoms with Gasteiger partial charge in [0.1, 0.15) is 0 Å². The van der Waals surface area contributed by atoms with E-state index in [1.165, 1.54) is 6.20 Å². The molecule has 0 fully saturated rings. The van der Waals surface area contributed by atoms with E-state index in [2.05, 4.69) is 20.9 Å². The smallest absolute Gasteiger partial charge is 0.236 e. The van der Waals surface area contributed by atoms with E-state index in [-0.39, 0.29) is 5.69 Å². The van der Waals surface area contributed by atoms with Gasteiger partial charge in [-0.15, -0.1) is 0 Å². The summed E-state index contributed by atoms with van der Waals surface area (Å²) in [5, 5.41) is 0.754. The maximum atomic E-state index is 12.6. The molecule has 0 amide bonds. The molecule has 0 bridgehead atoms. The fourth-order valence-electron chi connectivity index (χ4n) is 0.754. The first-order valence-electron chi connectivity index (χ1n) is 3.37. The molecule has 0 unspecified atom stereocenters. The number of nitrogens with two attached hydrogens (primary N) is 1. The van der Waals surface area contributed by atoms with Gasteiger partial charge in [0, 0.05) is 11.5 Å². The molecule has 2 N–H and O–H groups in total. The Hall–Kier alpha value is -0.900. The number of halogens is 2. The van der Waals surface area contributed by atoms with E-state index >= 15 is 0 Å². The highest BCUT2D eigenvalue weighted by atomic mass is 79.9. The topological polar surface area (TPSA) is 38.9 Å². The van der Waals surface area contributed by atoms with Gasteiger partial charge >= 0.3 is 0 Å². The van der Waals surface area contributed by atoms with Gasteiger partial charge in [0.05, 0.1) is 5.69 Å². The average Bonchev–Trinajstić information content (AvgIpc) is 2.07. The minimum Gasteiger partial charge on any atom is -0.395 e. The Morgan fingerprint density at radius 2 is 2.42 bits per heavy atom. The van der Waals surface area contributed by atoms with Crippen LogP contribution in [0.2, 0.25) is 0 Å². The zero-order chi connectivity index (χ0) is 8.97. The molecule has 4 heteroatoms. The number of hydrogen-bond acceptors (Lipinski definition) is 2. The Bertz CT molecular complexity index is 299. The number of anilines is 1. The van der Waals surface area contributed by atoms with Crippen molar-refractivity contribution >= 4 is 27.7 Å². The Morgan fingerprint density at radius 1 is 1.67 bits per heavy atom. The first-order chi connectivity index (χ1) is 5.74. The molecular weight excluding hydrogens is 223 g/mol. The van der Waals surface area contributed by atoms with Crippen molar-refractivity contribution in [3.63, 3.8) is 0 Å². The standard InChI is InChI=1S/C8H8BrFN2/c9-3-1-2-6-4-7(11)8(10)12-5-6/h1-2,4-5H,3,11H2. The number of pyridine rings is 1. The van der Waals surface area contributed by atoms with E-state index < -0.39 is 5.95 Å². The average molecular weight is 231 g/mol. The number of nitrogen functional groups attached to an aromatic ring is 1. The summed E-state index contributed by atoms with van der Waals surface area (Å²) in [4.78, 5) is 3.47. The molecule has 0 aromatic carbocycles. The van der Waals surface area contributed by atoms with E-state index in [4.69, 9.17) is 5.73 Å². The summed E-state index contributed by atoms with van der Waals surface area (Å²) in [7, 11) is 0. The third-order valence-electron chi connectivity index (χ3n) is 1.29. The summed E-state index contributed by atoms with van der Waals surface area (Å²) in [5.74, 6) is -0.619. The lowest BCUT2D eigenvalue weighted by atomic mass is 10.2. The maximum absolute atomic E-state index is 12.6. The summed E-state index contributed by atoms with van der Waals surface area (Å²) in [5.41, 5.74) is 6.18. The summed E-state index contributed by atoms with van der Waals surface area (Å²) in [6.45, 7) is 0. The quantitative estimate of drug-likeness (QED) is 0.626. The van der Waals surface area contributed by atoms with Crippen molar-refractivity contribution in [2.45, 2.75) is 0 Å². The Labute approximate surface area is 78.4 Å². The van der Waals surface area contributed by atoms with Crippen LogP contribution in [-0.2, 0) is 0 Å². The second kappa shape index (κ2) is 4.21. The number of hydrogen-bond donors (Lipinski definition) is 1. The van der Waals surface area contributed by atoms with Gasteiger partial charge in [-0.25, -0.2) is 4.98 Å². The van der Waals surface area contributed by atoms with Gasteiger partial charge in [0.2, 0.25) is 5.95 Å². The van der Waals surface area contributed by atoms with Crippen molar-refractivity contribution in [1.29, 1.82) is 0 Å². The SMILES string of the molecule is Nc1cc(C=CCBr)cnc1F. The van der Waals surface area contributed by atoms with Crippen LogP contribution in [0.25, 0.3) is 6.08 Å². The van der Waals surface area contributed by atoms with Gasteiger partial charge in [-0.2, -0.15) is 4.39 Å². The number of nitrogens with zero attached hydrogens (tertiary/aromatic N) is 1. The lowest BCUT2D eigenvalue weighted by Gasteiger charge is -1.96. The molecule has 0 aliphatic rings. The first-order valence-corrected chi connectivity index (χ1v) is 4.49. The molecule has 1 aromatic rings. The first kappa shape index (κ1) is 9.19. The van der Waals surface area contributed by atoms with Crippen LogP contribution in [0.5, 0.6) is 0 Å². The largest absolute Gasteiger partial charge is 0.395 e. The van der Waals surface area contributed by atoms with Gasteiger partial charge in [-0.05, 0) is 11.6 Å². The number of allylic oxidation sites excluding steroid dienone is 1. The van der Waals surface area contributed by atoms with Crippen LogP contribution < -0.4 is 5.73 Å². The summed E-state index contributed by atoms with van der Waals surface area (Å²) in [6.07, 6.45) is 5.14. The lowest BCUT2D eigenvalue weighted by molar-refractivity contribution is 0.588. The molecule has 0 saturated heterocycles. The Morgan fingerprint density at radius 3 is 3.00 bits per heavy atom. The molecule has 0 saturated carbocycles. The monoisotopic (exact) mass is 230 g/mol. The van der Waals surface area contributed by atoms with Gasteiger partial charge in [-0.3, -0.25) is 0 Å². The number of aromatic nitrogens is 1. The molecule has 0 atom stereocenters. The Balaban J connectivity index is 2.89. The molecule has 0 aliphatic carbocycles. The van der Waals surface area contributed by atoms with Crippen LogP contribution in [0.15, 0.2) is 18.3 Å². The predicted octanol–water partition coefficient (Wildman–Crippen LogP) is 2.21. The highest BCUT2D eigenvalue weighted by Crippen LogP contribution is 2.10. The van der Waals surface area contributed by atoms with E-state index in [1.54, 1.807) is 6.07 Å². The third kappa shape index (κ3) is 2.30. The fourth-order valence-corrected chi connectivity index (χ4v) is 0.941. The zero-order valence-electron chi connectivity index (χ0n) is 6.30. The molecular formula is C8H8BrFN2. The third-order valence-corrected chi connectivity index (χ3v) is 1.66. The second-order valence-electron chi connectivity index (χ2n) is 2.21. The van der Waals surface area contributed by atoms with Gasteiger partial charge < -0.3 is 5.73 Å². The van der Waals surface area contributed by atoms with Crippen LogP contribution in [0.1, 0.15) is 5.56 Å². The van der Waals surface area contributed by atoms with Crippen molar-refractivity contribution in [3.05, 3.63) is 29.9 Å². The normalized spacial score (nSPS) is 10.8. The summed E-state index contributed by atoms with van der Waals surface area (Å²) < 4.78 is 12.6. The summed E-state index contributed by atoms with van der Waals surface area (Å²) in [6, 6.07) is 1.54. The van der Waals surface area contributed by atoms with E-state index in [9.17, 15) is 4.39 Å². The second-order valence-corrected chi connectivity index (χ2v) is 2.85. The van der Waals surface area contributed by atoms with E-state index in [1.807, 2.05) is 12.2 Å². The van der Waals surface area contributed by atoms with Gasteiger partial charge in [0.15, 0.2) is 0 Å². The van der Waals surface area contributed by atoms with Crippen LogP contribution in [-0.4, -0.2) is 10.3 Å². The molecule has 0 aliphatic heterocycles. The van der Waals surface area contributed by atoms with Gasteiger partial charge in [-0.1, -0.05) is 28.1 Å². The minimum atomic E-state index is -0.619. The fraction of sp³-hybridized carbons (Fsp3) is 0.125. The van der Waals surface area contributed by atoms with Crippen molar-refractivity contribution in [2.75, 3.05) is 11.1 Å². The molecule has 1 rings (SSSR count). The van der Waals surface area contributed by atoms with E-state index in [0.29, 0.717) is 0 Å². The highest BCUT2D eigenvalue weighted by molar-refractivity contribution is 9.09. The molecule has 64 valence electrons. The van der Waals surface area contributed by atoms with Crippen molar-refractivity contribution in [2.24, 2.45) is 0 Å². The van der Waals surface area contributed by atoms with Crippen molar-refractivity contribution in [3.8, 4) is 0 Å². The maximum Gasteiger partial charge on any atom is 0.236 e. The molecule has 12 heavy (non-hydrogen) atoms. The molecule has 0 spiro atoms. The molecule has 1 heterocycles. The van der Waals surface area contributed by atoms with Crippen molar-refractivity contribution in [1.82, 2.24) is 4.98 Å². The van der Waals surface area contributed by atoms with Crippen LogP contribution in [0.4, 0.5) is 10.1 Å². The zero-order valence-corrected chi connectivity index (χ0v) is 7.88. The minimum absolute atomic E-state index is 0.0757. The lowest BCUT2D eigenvalue weighted by Crippen LogP contribution is -1.93. The van der Waals surface area contributed by atoms with Crippen LogP contribution in [0, 0.1) is 5.95 Å².